The molecule has 144 valence electrons. The number of carbonyl (C=O) groups excluding carboxylic acids is 1. The number of amides is 1. The van der Waals surface area contributed by atoms with E-state index in [0.29, 0.717) is 17.6 Å². The monoisotopic (exact) mass is 385 g/mol. The van der Waals surface area contributed by atoms with Crippen LogP contribution in [0.5, 0.6) is 0 Å². The SMILES string of the molecule is CC(C)Sc1ccc(CC(=O)N2CCCC[C@H](c3ccc(F)cc3)C2)cc1. The fourth-order valence-corrected chi connectivity index (χ4v) is 4.46. The molecule has 1 atom stereocenters. The average molecular weight is 386 g/mol. The smallest absolute Gasteiger partial charge is 0.227 e. The molecule has 0 bridgehead atoms. The van der Waals surface area contributed by atoms with Gasteiger partial charge >= 0.3 is 0 Å². The Morgan fingerprint density at radius 2 is 1.81 bits per heavy atom. The first kappa shape index (κ1) is 19.9. The van der Waals surface area contributed by atoms with Crippen molar-refractivity contribution in [2.45, 2.75) is 55.6 Å². The van der Waals surface area contributed by atoms with Crippen LogP contribution in [-0.4, -0.2) is 29.1 Å². The van der Waals surface area contributed by atoms with E-state index < -0.39 is 0 Å². The molecule has 3 rings (SSSR count). The van der Waals surface area contributed by atoms with Gasteiger partial charge in [0.1, 0.15) is 5.82 Å². The van der Waals surface area contributed by atoms with Crippen molar-refractivity contribution < 1.29 is 9.18 Å². The quantitative estimate of drug-likeness (QED) is 0.619. The molecule has 1 aliphatic heterocycles. The first-order valence-electron chi connectivity index (χ1n) is 9.80. The van der Waals surface area contributed by atoms with E-state index in [9.17, 15) is 9.18 Å². The second kappa shape index (κ2) is 9.41. The lowest BCUT2D eigenvalue weighted by Gasteiger charge is -2.25. The van der Waals surface area contributed by atoms with Gasteiger partial charge in [-0.2, -0.15) is 0 Å². The molecule has 4 heteroatoms. The van der Waals surface area contributed by atoms with E-state index in [1.54, 1.807) is 0 Å². The molecule has 1 fully saturated rings. The molecule has 0 aliphatic carbocycles. The van der Waals surface area contributed by atoms with Crippen LogP contribution < -0.4 is 0 Å². The minimum Gasteiger partial charge on any atom is -0.342 e. The molecule has 0 spiro atoms. The van der Waals surface area contributed by atoms with Crippen molar-refractivity contribution in [2.24, 2.45) is 0 Å². The van der Waals surface area contributed by atoms with Gasteiger partial charge in [0.2, 0.25) is 5.91 Å². The minimum atomic E-state index is -0.209. The van der Waals surface area contributed by atoms with Crippen molar-refractivity contribution in [3.8, 4) is 0 Å². The van der Waals surface area contributed by atoms with Crippen LogP contribution >= 0.6 is 11.8 Å². The molecule has 0 saturated carbocycles. The lowest BCUT2D eigenvalue weighted by atomic mass is 9.94. The second-order valence-electron chi connectivity index (χ2n) is 7.57. The van der Waals surface area contributed by atoms with Gasteiger partial charge in [0.05, 0.1) is 6.42 Å². The van der Waals surface area contributed by atoms with E-state index in [2.05, 4.69) is 38.1 Å². The highest BCUT2D eigenvalue weighted by atomic mass is 32.2. The highest BCUT2D eigenvalue weighted by Gasteiger charge is 2.23. The van der Waals surface area contributed by atoms with E-state index in [-0.39, 0.29) is 11.7 Å². The molecule has 2 aromatic rings. The summed E-state index contributed by atoms with van der Waals surface area (Å²) < 4.78 is 13.2. The van der Waals surface area contributed by atoms with E-state index >= 15 is 0 Å². The van der Waals surface area contributed by atoms with E-state index in [1.807, 2.05) is 28.8 Å². The van der Waals surface area contributed by atoms with Gasteiger partial charge in [-0.25, -0.2) is 4.39 Å². The summed E-state index contributed by atoms with van der Waals surface area (Å²) in [4.78, 5) is 16.1. The number of carbonyl (C=O) groups is 1. The fourth-order valence-electron chi connectivity index (χ4n) is 3.62. The Kier molecular flexibility index (Phi) is 6.95. The fraction of sp³-hybridized carbons (Fsp3) is 0.435. The molecule has 2 nitrogen and oxygen atoms in total. The summed E-state index contributed by atoms with van der Waals surface area (Å²) in [5, 5.41) is 0.554. The first-order valence-corrected chi connectivity index (χ1v) is 10.7. The highest BCUT2D eigenvalue weighted by molar-refractivity contribution is 7.99. The molecule has 2 aromatic carbocycles. The van der Waals surface area contributed by atoms with Gasteiger partial charge in [-0.15, -0.1) is 11.8 Å². The third kappa shape index (κ3) is 5.83. The van der Waals surface area contributed by atoms with Gasteiger partial charge in [0.15, 0.2) is 0 Å². The highest BCUT2D eigenvalue weighted by Crippen LogP contribution is 2.27. The molecule has 0 aromatic heterocycles. The van der Waals surface area contributed by atoms with Crippen molar-refractivity contribution in [3.63, 3.8) is 0 Å². The third-order valence-electron chi connectivity index (χ3n) is 5.02. The van der Waals surface area contributed by atoms with Crippen molar-refractivity contribution in [3.05, 3.63) is 65.5 Å². The molecule has 1 saturated heterocycles. The number of likely N-dealkylation sites (tertiary alicyclic amines) is 1. The zero-order valence-corrected chi connectivity index (χ0v) is 17.0. The zero-order valence-electron chi connectivity index (χ0n) is 16.2. The topological polar surface area (TPSA) is 20.3 Å². The number of benzene rings is 2. The third-order valence-corrected chi connectivity index (χ3v) is 6.03. The van der Waals surface area contributed by atoms with Crippen LogP contribution in [0.4, 0.5) is 4.39 Å². The van der Waals surface area contributed by atoms with Gasteiger partial charge in [0, 0.05) is 29.2 Å². The van der Waals surface area contributed by atoms with Gasteiger partial charge in [-0.3, -0.25) is 4.79 Å². The zero-order chi connectivity index (χ0) is 19.2. The molecular formula is C23H28FNOS. The van der Waals surface area contributed by atoms with E-state index in [4.69, 9.17) is 0 Å². The van der Waals surface area contributed by atoms with Gasteiger partial charge in [-0.1, -0.05) is 44.5 Å². The van der Waals surface area contributed by atoms with Gasteiger partial charge in [-0.05, 0) is 48.2 Å². The Morgan fingerprint density at radius 3 is 2.48 bits per heavy atom. The first-order chi connectivity index (χ1) is 13.0. The second-order valence-corrected chi connectivity index (χ2v) is 9.22. The van der Waals surface area contributed by atoms with Crippen LogP contribution in [0.15, 0.2) is 53.4 Å². The molecule has 1 aliphatic rings. The molecule has 27 heavy (non-hydrogen) atoms. The Labute approximate surface area is 166 Å². The Balaban J connectivity index is 1.63. The summed E-state index contributed by atoms with van der Waals surface area (Å²) in [6, 6.07) is 15.1. The van der Waals surface area contributed by atoms with Gasteiger partial charge in [0.25, 0.3) is 0 Å². The van der Waals surface area contributed by atoms with E-state index in [1.165, 1.54) is 17.0 Å². The summed E-state index contributed by atoms with van der Waals surface area (Å²) in [7, 11) is 0. The van der Waals surface area contributed by atoms with Crippen LogP contribution in [0, 0.1) is 5.82 Å². The van der Waals surface area contributed by atoms with Crippen LogP contribution in [0.2, 0.25) is 0 Å². The van der Waals surface area contributed by atoms with Crippen LogP contribution in [0.25, 0.3) is 0 Å². The van der Waals surface area contributed by atoms with Crippen molar-refractivity contribution in [2.75, 3.05) is 13.1 Å². The summed E-state index contributed by atoms with van der Waals surface area (Å²) in [6.07, 6.45) is 3.64. The lowest BCUT2D eigenvalue weighted by Crippen LogP contribution is -2.35. The largest absolute Gasteiger partial charge is 0.342 e. The van der Waals surface area contributed by atoms with Crippen molar-refractivity contribution >= 4 is 17.7 Å². The number of thioether (sulfide) groups is 1. The Hall–Kier alpha value is -1.81. The summed E-state index contributed by atoms with van der Waals surface area (Å²) in [5.41, 5.74) is 2.20. The standard InChI is InChI=1S/C23H28FNOS/c1-17(2)27-22-12-6-18(7-13-22)15-23(26)25-14-4-3-5-20(16-25)19-8-10-21(24)11-9-19/h6-13,17,20H,3-5,14-16H2,1-2H3/t20-/m0/s1. The molecule has 0 N–H and O–H groups in total. The maximum Gasteiger partial charge on any atom is 0.227 e. The molecular weight excluding hydrogens is 357 g/mol. The van der Waals surface area contributed by atoms with E-state index in [0.717, 1.165) is 43.5 Å². The average Bonchev–Trinajstić information content (AvgIpc) is 2.90. The summed E-state index contributed by atoms with van der Waals surface area (Å²) in [6.45, 7) is 5.90. The minimum absolute atomic E-state index is 0.188. The van der Waals surface area contributed by atoms with Crippen molar-refractivity contribution in [1.82, 2.24) is 4.90 Å². The lowest BCUT2D eigenvalue weighted by molar-refractivity contribution is -0.130. The van der Waals surface area contributed by atoms with Crippen LogP contribution in [0.3, 0.4) is 0 Å². The maximum absolute atomic E-state index is 13.2. The molecule has 1 heterocycles. The molecule has 0 unspecified atom stereocenters. The Bertz CT molecular complexity index is 742. The normalized spacial score (nSPS) is 17.8. The predicted octanol–water partition coefficient (Wildman–Crippen LogP) is 5.67. The van der Waals surface area contributed by atoms with Crippen molar-refractivity contribution in [1.29, 1.82) is 0 Å². The van der Waals surface area contributed by atoms with Crippen LogP contribution in [0.1, 0.15) is 50.2 Å². The van der Waals surface area contributed by atoms with Crippen LogP contribution in [-0.2, 0) is 11.2 Å². The summed E-state index contributed by atoms with van der Waals surface area (Å²) >= 11 is 1.83. The molecule has 1 amide bonds. The maximum atomic E-state index is 13.2. The predicted molar refractivity (Wildman–Crippen MR) is 111 cm³/mol. The molecule has 0 radical (unpaired) electrons. The number of nitrogens with zero attached hydrogens (tertiary/aromatic N) is 1. The Morgan fingerprint density at radius 1 is 1.11 bits per heavy atom. The number of hydrogen-bond acceptors (Lipinski definition) is 2. The number of rotatable bonds is 5. The summed E-state index contributed by atoms with van der Waals surface area (Å²) in [5.74, 6) is 0.273. The number of halogens is 1. The van der Waals surface area contributed by atoms with Gasteiger partial charge < -0.3 is 4.90 Å². The number of hydrogen-bond donors (Lipinski definition) is 0.